The van der Waals surface area contributed by atoms with Gasteiger partial charge in [0, 0.05) is 43.2 Å². The Kier molecular flexibility index (Phi) is 4.45. The van der Waals surface area contributed by atoms with Gasteiger partial charge in [-0.25, -0.2) is 18.8 Å². The molecule has 138 valence electrons. The zero-order valence-electron chi connectivity index (χ0n) is 14.8. The van der Waals surface area contributed by atoms with Crippen molar-refractivity contribution in [2.75, 3.05) is 30.0 Å². The minimum atomic E-state index is -0.310. The second-order valence-corrected chi connectivity index (χ2v) is 6.08. The van der Waals surface area contributed by atoms with Crippen molar-refractivity contribution >= 4 is 12.0 Å². The summed E-state index contributed by atoms with van der Waals surface area (Å²) in [5.41, 5.74) is 6.42. The molecule has 1 aromatic carbocycles. The van der Waals surface area contributed by atoms with E-state index in [9.17, 15) is 9.18 Å². The highest BCUT2D eigenvalue weighted by molar-refractivity contribution is 5.93. The number of urea groups is 1. The number of hydrogen-bond donors (Lipinski definition) is 2. The Labute approximate surface area is 155 Å². The fourth-order valence-electron chi connectivity index (χ4n) is 3.14. The number of carbonyl (C=O) groups excluding carboxylic acids is 1. The van der Waals surface area contributed by atoms with Gasteiger partial charge in [0.25, 0.3) is 0 Å². The fourth-order valence-corrected chi connectivity index (χ4v) is 3.14. The maximum atomic E-state index is 13.4. The molecule has 4 rings (SSSR count). The van der Waals surface area contributed by atoms with Crippen molar-refractivity contribution in [2.45, 2.75) is 6.92 Å². The summed E-state index contributed by atoms with van der Waals surface area (Å²) in [6, 6.07) is 9.74. The molecule has 0 bridgehead atoms. The molecule has 1 aliphatic heterocycles. The average Bonchev–Trinajstić information content (AvgIpc) is 3.09. The molecule has 3 heterocycles. The molecule has 0 spiro atoms. The van der Waals surface area contributed by atoms with E-state index in [4.69, 9.17) is 4.98 Å². The summed E-state index contributed by atoms with van der Waals surface area (Å²) in [6.45, 7) is 3.49. The van der Waals surface area contributed by atoms with Gasteiger partial charge in [-0.3, -0.25) is 9.88 Å². The largest absolute Gasteiger partial charge is 0.338 e. The van der Waals surface area contributed by atoms with E-state index in [1.54, 1.807) is 29.4 Å². The van der Waals surface area contributed by atoms with Gasteiger partial charge in [-0.05, 0) is 43.3 Å². The number of carbonyl (C=O) groups is 1. The standard InChI is InChI=1S/C19H19FN6O/c1-2-22-19(27)25-12-11-23-26-17(14-7-9-21-10-8-14)16(24-18(25)26)13-3-5-15(20)6-4-13/h3-10,23H,2,11-12H2,1H3,(H,22,27). The third-order valence-electron chi connectivity index (χ3n) is 4.35. The molecular formula is C19H19FN6O. The first-order chi connectivity index (χ1) is 13.2. The quantitative estimate of drug-likeness (QED) is 0.747. The first-order valence-electron chi connectivity index (χ1n) is 8.77. The molecule has 0 aliphatic carbocycles. The summed E-state index contributed by atoms with van der Waals surface area (Å²) in [5, 5.41) is 2.82. The number of pyridine rings is 1. The lowest BCUT2D eigenvalue weighted by atomic mass is 10.1. The van der Waals surface area contributed by atoms with Gasteiger partial charge in [-0.1, -0.05) is 0 Å². The topological polar surface area (TPSA) is 75.1 Å². The number of nitrogens with zero attached hydrogens (tertiary/aromatic N) is 4. The van der Waals surface area contributed by atoms with Gasteiger partial charge in [0.15, 0.2) is 0 Å². The maximum absolute atomic E-state index is 13.4. The first kappa shape index (κ1) is 17.0. The lowest BCUT2D eigenvalue weighted by Crippen LogP contribution is -2.48. The molecule has 2 amide bonds. The summed E-state index contributed by atoms with van der Waals surface area (Å²) >= 11 is 0. The van der Waals surface area contributed by atoms with Crippen molar-refractivity contribution in [1.82, 2.24) is 20.0 Å². The zero-order valence-corrected chi connectivity index (χ0v) is 14.8. The molecule has 0 unspecified atom stereocenters. The van der Waals surface area contributed by atoms with Crippen molar-refractivity contribution in [1.29, 1.82) is 0 Å². The van der Waals surface area contributed by atoms with Crippen LogP contribution in [0.1, 0.15) is 6.92 Å². The number of fused-ring (bicyclic) bond motifs is 1. The van der Waals surface area contributed by atoms with E-state index in [0.29, 0.717) is 31.3 Å². The Bertz CT molecular complexity index is 954. The van der Waals surface area contributed by atoms with Gasteiger partial charge >= 0.3 is 6.03 Å². The Morgan fingerprint density at radius 1 is 1.19 bits per heavy atom. The molecule has 27 heavy (non-hydrogen) atoms. The van der Waals surface area contributed by atoms with Crippen molar-refractivity contribution in [2.24, 2.45) is 0 Å². The van der Waals surface area contributed by atoms with Crippen LogP contribution in [0.15, 0.2) is 48.8 Å². The number of amides is 2. The predicted octanol–water partition coefficient (Wildman–Crippen LogP) is 2.84. The van der Waals surface area contributed by atoms with Gasteiger partial charge in [-0.2, -0.15) is 0 Å². The Morgan fingerprint density at radius 2 is 1.93 bits per heavy atom. The smallest absolute Gasteiger partial charge is 0.324 e. The van der Waals surface area contributed by atoms with Crippen LogP contribution in [0, 0.1) is 5.82 Å². The minimum Gasteiger partial charge on any atom is -0.338 e. The predicted molar refractivity (Wildman–Crippen MR) is 101 cm³/mol. The van der Waals surface area contributed by atoms with Crippen LogP contribution in [0.3, 0.4) is 0 Å². The summed E-state index contributed by atoms with van der Waals surface area (Å²) < 4.78 is 15.2. The Balaban J connectivity index is 1.90. The number of imidazole rings is 1. The van der Waals surface area contributed by atoms with E-state index in [2.05, 4.69) is 15.7 Å². The lowest BCUT2D eigenvalue weighted by Gasteiger charge is -2.29. The first-order valence-corrected chi connectivity index (χ1v) is 8.77. The molecule has 1 aliphatic rings. The highest BCUT2D eigenvalue weighted by Crippen LogP contribution is 2.35. The molecule has 0 saturated carbocycles. The van der Waals surface area contributed by atoms with E-state index in [0.717, 1.165) is 16.8 Å². The van der Waals surface area contributed by atoms with Crippen molar-refractivity contribution in [3.63, 3.8) is 0 Å². The van der Waals surface area contributed by atoms with Crippen LogP contribution >= 0.6 is 0 Å². The molecule has 8 heteroatoms. The number of rotatable bonds is 3. The van der Waals surface area contributed by atoms with E-state index in [-0.39, 0.29) is 11.8 Å². The average molecular weight is 366 g/mol. The van der Waals surface area contributed by atoms with E-state index >= 15 is 0 Å². The van der Waals surface area contributed by atoms with Gasteiger partial charge < -0.3 is 10.7 Å². The number of anilines is 1. The van der Waals surface area contributed by atoms with Crippen LogP contribution in [-0.4, -0.2) is 40.3 Å². The fraction of sp³-hybridized carbons (Fsp3) is 0.211. The molecule has 7 nitrogen and oxygen atoms in total. The second-order valence-electron chi connectivity index (χ2n) is 6.08. The molecule has 2 aromatic heterocycles. The highest BCUT2D eigenvalue weighted by atomic mass is 19.1. The van der Waals surface area contributed by atoms with Crippen molar-refractivity contribution in [3.05, 3.63) is 54.6 Å². The molecule has 0 fully saturated rings. The number of hydrogen-bond acceptors (Lipinski definition) is 4. The SMILES string of the molecule is CCNC(=O)N1CCNn2c1nc(-c1ccc(F)cc1)c2-c1ccncc1. The maximum Gasteiger partial charge on any atom is 0.324 e. The summed E-state index contributed by atoms with van der Waals surface area (Å²) in [7, 11) is 0. The Hall–Kier alpha value is -3.42. The van der Waals surface area contributed by atoms with Crippen molar-refractivity contribution < 1.29 is 9.18 Å². The third-order valence-corrected chi connectivity index (χ3v) is 4.35. The molecule has 0 atom stereocenters. The number of nitrogens with one attached hydrogen (secondary N) is 2. The summed E-state index contributed by atoms with van der Waals surface area (Å²) in [5.74, 6) is 0.189. The van der Waals surface area contributed by atoms with Gasteiger partial charge in [0.05, 0.1) is 5.69 Å². The summed E-state index contributed by atoms with van der Waals surface area (Å²) in [6.07, 6.45) is 3.40. The Morgan fingerprint density at radius 3 is 2.63 bits per heavy atom. The summed E-state index contributed by atoms with van der Waals surface area (Å²) in [4.78, 5) is 22.9. The molecule has 0 radical (unpaired) electrons. The highest BCUT2D eigenvalue weighted by Gasteiger charge is 2.29. The molecule has 3 aromatic rings. The third kappa shape index (κ3) is 3.10. The number of halogens is 1. The van der Waals surface area contributed by atoms with E-state index in [1.807, 2.05) is 23.7 Å². The van der Waals surface area contributed by atoms with Crippen LogP contribution in [0.2, 0.25) is 0 Å². The van der Waals surface area contributed by atoms with Crippen LogP contribution in [0.25, 0.3) is 22.5 Å². The van der Waals surface area contributed by atoms with Gasteiger partial charge in [0.2, 0.25) is 5.95 Å². The zero-order chi connectivity index (χ0) is 18.8. The van der Waals surface area contributed by atoms with Crippen LogP contribution in [-0.2, 0) is 0 Å². The van der Waals surface area contributed by atoms with Crippen molar-refractivity contribution in [3.8, 4) is 22.5 Å². The minimum absolute atomic E-state index is 0.197. The number of benzene rings is 1. The monoisotopic (exact) mass is 366 g/mol. The van der Waals surface area contributed by atoms with E-state index in [1.165, 1.54) is 12.1 Å². The van der Waals surface area contributed by atoms with Crippen LogP contribution in [0.4, 0.5) is 15.1 Å². The molecular weight excluding hydrogens is 347 g/mol. The number of aromatic nitrogens is 3. The van der Waals surface area contributed by atoms with E-state index < -0.39 is 0 Å². The van der Waals surface area contributed by atoms with Gasteiger partial charge in [0.1, 0.15) is 11.5 Å². The van der Waals surface area contributed by atoms with Crippen LogP contribution in [0.5, 0.6) is 0 Å². The second kappa shape index (κ2) is 7.06. The molecule has 2 N–H and O–H groups in total. The van der Waals surface area contributed by atoms with Crippen LogP contribution < -0.4 is 15.6 Å². The molecule has 0 saturated heterocycles. The lowest BCUT2D eigenvalue weighted by molar-refractivity contribution is 0.246. The normalized spacial score (nSPS) is 13.0. The van der Waals surface area contributed by atoms with Gasteiger partial charge in [-0.15, -0.1) is 0 Å².